The summed E-state index contributed by atoms with van der Waals surface area (Å²) >= 11 is 0. The van der Waals surface area contributed by atoms with E-state index in [4.69, 9.17) is 0 Å². The van der Waals surface area contributed by atoms with E-state index in [1.807, 2.05) is 19.0 Å². The van der Waals surface area contributed by atoms with Crippen LogP contribution in [0.4, 0.5) is 0 Å². The first kappa shape index (κ1) is 14.6. The summed E-state index contributed by atoms with van der Waals surface area (Å²) in [5.41, 5.74) is 1.37. The van der Waals surface area contributed by atoms with Crippen molar-refractivity contribution in [2.75, 3.05) is 14.1 Å². The van der Waals surface area contributed by atoms with Gasteiger partial charge in [0.1, 0.15) is 0 Å². The lowest BCUT2D eigenvalue weighted by Gasteiger charge is -2.35. The van der Waals surface area contributed by atoms with E-state index in [9.17, 15) is 4.79 Å². The fraction of sp³-hybridized carbons (Fsp3) is 0.812. The van der Waals surface area contributed by atoms with Gasteiger partial charge in [-0.1, -0.05) is 11.6 Å². The first-order valence-electron chi connectivity index (χ1n) is 7.81. The summed E-state index contributed by atoms with van der Waals surface area (Å²) in [5, 5.41) is 3.35. The number of nitrogens with one attached hydrogen (secondary N) is 1. The molecule has 0 spiro atoms. The maximum atomic E-state index is 12.3. The minimum Gasteiger partial charge on any atom is -0.343 e. The van der Waals surface area contributed by atoms with Gasteiger partial charge in [0, 0.05) is 25.6 Å². The molecule has 1 saturated carbocycles. The molecule has 0 radical (unpaired) electrons. The molecule has 0 aromatic heterocycles. The monoisotopic (exact) mass is 264 g/mol. The lowest BCUT2D eigenvalue weighted by Crippen LogP contribution is -2.42. The largest absolute Gasteiger partial charge is 0.343 e. The van der Waals surface area contributed by atoms with Crippen LogP contribution in [0.3, 0.4) is 0 Å². The van der Waals surface area contributed by atoms with Crippen molar-refractivity contribution in [3.63, 3.8) is 0 Å². The molecule has 0 aromatic carbocycles. The highest BCUT2D eigenvalue weighted by atomic mass is 16.2. The smallest absolute Gasteiger partial charge is 0.226 e. The summed E-state index contributed by atoms with van der Waals surface area (Å²) in [5.74, 6) is 0.320. The molecule has 0 unspecified atom stereocenters. The third-order valence-corrected chi connectivity index (χ3v) is 4.81. The lowest BCUT2D eigenvalue weighted by molar-refractivity contribution is -0.131. The topological polar surface area (TPSA) is 32.3 Å². The van der Waals surface area contributed by atoms with E-state index in [-0.39, 0.29) is 0 Å². The molecule has 2 aliphatic rings. The van der Waals surface area contributed by atoms with Gasteiger partial charge in [-0.05, 0) is 58.4 Å². The van der Waals surface area contributed by atoms with Crippen molar-refractivity contribution in [2.45, 2.75) is 69.9 Å². The second-order valence-corrected chi connectivity index (χ2v) is 6.08. The Kier molecular flexibility index (Phi) is 5.44. The van der Waals surface area contributed by atoms with E-state index in [2.05, 4.69) is 11.4 Å². The summed E-state index contributed by atoms with van der Waals surface area (Å²) in [6, 6.07) is 1.11. The Morgan fingerprint density at radius 3 is 2.63 bits per heavy atom. The fourth-order valence-electron chi connectivity index (χ4n) is 3.34. The average Bonchev–Trinajstić information content (AvgIpc) is 2.47. The fourth-order valence-corrected chi connectivity index (χ4v) is 3.34. The molecule has 0 atom stereocenters. The number of carbonyl (C=O) groups excluding carboxylic acids is 1. The first-order chi connectivity index (χ1) is 9.20. The Morgan fingerprint density at radius 2 is 2.05 bits per heavy atom. The molecule has 3 nitrogen and oxygen atoms in total. The Hall–Kier alpha value is -0.830. The van der Waals surface area contributed by atoms with Crippen LogP contribution < -0.4 is 5.32 Å². The quantitative estimate of drug-likeness (QED) is 0.792. The van der Waals surface area contributed by atoms with Gasteiger partial charge in [0.25, 0.3) is 0 Å². The van der Waals surface area contributed by atoms with E-state index in [1.165, 1.54) is 37.7 Å². The predicted octanol–water partition coefficient (Wildman–Crippen LogP) is 2.87. The molecular weight excluding hydrogens is 236 g/mol. The summed E-state index contributed by atoms with van der Waals surface area (Å²) in [7, 11) is 4.03. The first-order valence-corrected chi connectivity index (χ1v) is 7.81. The molecule has 0 bridgehead atoms. The molecule has 19 heavy (non-hydrogen) atoms. The number of rotatable bonds is 4. The normalized spacial score (nSPS) is 27.8. The Morgan fingerprint density at radius 1 is 1.32 bits per heavy atom. The number of nitrogens with zero attached hydrogens (tertiary/aromatic N) is 1. The summed E-state index contributed by atoms with van der Waals surface area (Å²) in [4.78, 5) is 14.3. The molecular formula is C16H28N2O. The molecule has 0 heterocycles. The maximum absolute atomic E-state index is 12.3. The summed E-state index contributed by atoms with van der Waals surface area (Å²) in [6.45, 7) is 0. The van der Waals surface area contributed by atoms with Gasteiger partial charge in [-0.2, -0.15) is 0 Å². The zero-order valence-corrected chi connectivity index (χ0v) is 12.5. The molecule has 2 aliphatic carbocycles. The second kappa shape index (κ2) is 7.09. The van der Waals surface area contributed by atoms with Gasteiger partial charge >= 0.3 is 0 Å². The zero-order valence-electron chi connectivity index (χ0n) is 12.5. The molecule has 108 valence electrons. The van der Waals surface area contributed by atoms with Crippen LogP contribution in [0, 0.1) is 0 Å². The molecule has 0 aliphatic heterocycles. The van der Waals surface area contributed by atoms with Crippen LogP contribution >= 0.6 is 0 Å². The van der Waals surface area contributed by atoms with Crippen molar-refractivity contribution in [3.8, 4) is 0 Å². The van der Waals surface area contributed by atoms with Crippen LogP contribution in [0.2, 0.25) is 0 Å². The minimum atomic E-state index is 0.320. The van der Waals surface area contributed by atoms with Crippen LogP contribution in [-0.2, 0) is 4.79 Å². The zero-order chi connectivity index (χ0) is 13.7. The third kappa shape index (κ3) is 4.07. The maximum Gasteiger partial charge on any atom is 0.226 e. The minimum absolute atomic E-state index is 0.320. The van der Waals surface area contributed by atoms with Gasteiger partial charge in [-0.15, -0.1) is 0 Å². The van der Waals surface area contributed by atoms with Crippen molar-refractivity contribution in [1.82, 2.24) is 10.2 Å². The van der Waals surface area contributed by atoms with Crippen LogP contribution in [0.5, 0.6) is 0 Å². The molecule has 3 heteroatoms. The molecule has 1 amide bonds. The Bertz CT molecular complexity index is 330. The standard InChI is InChI=1S/C16H28N2O/c1-17-14-8-10-15(11-9-14)18(2)16(19)12-13-6-4-3-5-7-13/h6,14-15,17H,3-5,7-12H2,1-2H3. The van der Waals surface area contributed by atoms with Crippen molar-refractivity contribution in [1.29, 1.82) is 0 Å². The van der Waals surface area contributed by atoms with Crippen molar-refractivity contribution in [3.05, 3.63) is 11.6 Å². The van der Waals surface area contributed by atoms with Gasteiger partial charge < -0.3 is 10.2 Å². The number of carbonyl (C=O) groups is 1. The number of allylic oxidation sites excluding steroid dienone is 1. The van der Waals surface area contributed by atoms with E-state index in [0.717, 1.165) is 19.3 Å². The highest BCUT2D eigenvalue weighted by Gasteiger charge is 2.26. The molecule has 0 saturated heterocycles. The lowest BCUT2D eigenvalue weighted by atomic mass is 9.90. The van der Waals surface area contributed by atoms with Crippen LogP contribution in [-0.4, -0.2) is 37.0 Å². The third-order valence-electron chi connectivity index (χ3n) is 4.81. The average molecular weight is 264 g/mol. The Labute approximate surface area is 117 Å². The van der Waals surface area contributed by atoms with E-state index >= 15 is 0 Å². The van der Waals surface area contributed by atoms with E-state index < -0.39 is 0 Å². The highest BCUT2D eigenvalue weighted by Crippen LogP contribution is 2.25. The predicted molar refractivity (Wildman–Crippen MR) is 79.0 cm³/mol. The second-order valence-electron chi connectivity index (χ2n) is 6.08. The van der Waals surface area contributed by atoms with Crippen molar-refractivity contribution >= 4 is 5.91 Å². The summed E-state index contributed by atoms with van der Waals surface area (Å²) < 4.78 is 0. The van der Waals surface area contributed by atoms with Gasteiger partial charge in [0.2, 0.25) is 5.91 Å². The van der Waals surface area contributed by atoms with Gasteiger partial charge in [-0.3, -0.25) is 4.79 Å². The van der Waals surface area contributed by atoms with Crippen LogP contribution in [0.15, 0.2) is 11.6 Å². The van der Waals surface area contributed by atoms with Crippen molar-refractivity contribution < 1.29 is 4.79 Å². The SMILES string of the molecule is CNC1CCC(N(C)C(=O)CC2=CCCCC2)CC1. The summed E-state index contributed by atoms with van der Waals surface area (Å²) in [6.07, 6.45) is 12.5. The number of hydrogen-bond acceptors (Lipinski definition) is 2. The molecule has 2 rings (SSSR count). The number of amides is 1. The van der Waals surface area contributed by atoms with Gasteiger partial charge in [0.05, 0.1) is 0 Å². The highest BCUT2D eigenvalue weighted by molar-refractivity contribution is 5.78. The van der Waals surface area contributed by atoms with Crippen LogP contribution in [0.25, 0.3) is 0 Å². The Balaban J connectivity index is 1.80. The van der Waals surface area contributed by atoms with Crippen LogP contribution in [0.1, 0.15) is 57.8 Å². The van der Waals surface area contributed by atoms with E-state index in [0.29, 0.717) is 24.4 Å². The van der Waals surface area contributed by atoms with Crippen molar-refractivity contribution in [2.24, 2.45) is 0 Å². The molecule has 1 N–H and O–H groups in total. The van der Waals surface area contributed by atoms with Gasteiger partial charge in [-0.25, -0.2) is 0 Å². The number of hydrogen-bond donors (Lipinski definition) is 1. The molecule has 0 aromatic rings. The van der Waals surface area contributed by atoms with Gasteiger partial charge in [0.15, 0.2) is 0 Å². The van der Waals surface area contributed by atoms with E-state index in [1.54, 1.807) is 0 Å². The molecule has 1 fully saturated rings.